The minimum Gasteiger partial charge on any atom is -0.463 e. The Bertz CT molecular complexity index is 801. The van der Waals surface area contributed by atoms with Crippen LogP contribution in [0.15, 0.2) is 0 Å². The number of hydrogen-bond donors (Lipinski definition) is 2. The van der Waals surface area contributed by atoms with Gasteiger partial charge in [0.2, 0.25) is 5.91 Å². The molecule has 0 radical (unpaired) electrons. The first-order valence-corrected chi connectivity index (χ1v) is 13.2. The van der Waals surface area contributed by atoms with E-state index in [1.165, 1.54) is 39.5 Å². The van der Waals surface area contributed by atoms with Crippen molar-refractivity contribution in [1.29, 1.82) is 0 Å². The van der Waals surface area contributed by atoms with Crippen molar-refractivity contribution < 1.29 is 47.7 Å². The molecule has 5 unspecified atom stereocenters. The van der Waals surface area contributed by atoms with Crippen molar-refractivity contribution in [1.82, 2.24) is 10.6 Å². The Kier molecular flexibility index (Phi) is 13.7. The molecule has 2 amide bonds. The molecular formula is C24H40N2O10S. The highest BCUT2D eigenvalue weighted by atomic mass is 32.2. The molecule has 37 heavy (non-hydrogen) atoms. The second-order valence-corrected chi connectivity index (χ2v) is 10.8. The number of alkyl carbamates (subject to hydrolysis) is 1. The van der Waals surface area contributed by atoms with E-state index >= 15 is 0 Å². The van der Waals surface area contributed by atoms with Crippen LogP contribution in [-0.2, 0) is 42.9 Å². The molecule has 0 saturated carbocycles. The standard InChI is InChI=1S/C24H40N2O10S/c1-14(27)26-19-21(34-17(4)30)20(33-16(3)29)18(13-32-15(2)28)35-22(19)37-12-10-8-9-11-25-23(31)36-24(5,6)7/h18-22H,8-13H2,1-7H3,(H,25,31)(H,26,27). The maximum absolute atomic E-state index is 12.0. The fraction of sp³-hybridized carbons (Fsp3) is 0.792. The smallest absolute Gasteiger partial charge is 0.407 e. The Morgan fingerprint density at radius 1 is 0.865 bits per heavy atom. The molecule has 5 atom stereocenters. The lowest BCUT2D eigenvalue weighted by molar-refractivity contribution is -0.211. The summed E-state index contributed by atoms with van der Waals surface area (Å²) in [6.07, 6.45) is -1.23. The van der Waals surface area contributed by atoms with Gasteiger partial charge in [-0.2, -0.15) is 0 Å². The van der Waals surface area contributed by atoms with Crippen LogP contribution in [0.1, 0.15) is 67.7 Å². The molecule has 1 fully saturated rings. The molecule has 13 heteroatoms. The number of ether oxygens (including phenoxy) is 5. The van der Waals surface area contributed by atoms with Gasteiger partial charge in [-0.1, -0.05) is 6.42 Å². The lowest BCUT2D eigenvalue weighted by Crippen LogP contribution is -2.65. The minimum absolute atomic E-state index is 0.231. The van der Waals surface area contributed by atoms with Gasteiger partial charge in [-0.25, -0.2) is 4.79 Å². The van der Waals surface area contributed by atoms with Gasteiger partial charge in [-0.05, 0) is 39.4 Å². The Morgan fingerprint density at radius 3 is 2.03 bits per heavy atom. The summed E-state index contributed by atoms with van der Waals surface area (Å²) < 4.78 is 27.3. The molecular weight excluding hydrogens is 508 g/mol. The van der Waals surface area contributed by atoms with Crippen LogP contribution in [-0.4, -0.2) is 84.2 Å². The van der Waals surface area contributed by atoms with Gasteiger partial charge < -0.3 is 34.3 Å². The van der Waals surface area contributed by atoms with Crippen LogP contribution in [0.2, 0.25) is 0 Å². The highest BCUT2D eigenvalue weighted by molar-refractivity contribution is 7.99. The maximum atomic E-state index is 12.0. The van der Waals surface area contributed by atoms with Crippen LogP contribution in [0.5, 0.6) is 0 Å². The summed E-state index contributed by atoms with van der Waals surface area (Å²) in [4.78, 5) is 58.8. The first kappa shape index (κ1) is 32.5. The summed E-state index contributed by atoms with van der Waals surface area (Å²) in [6, 6.07) is -0.821. The van der Waals surface area contributed by atoms with Crippen molar-refractivity contribution in [2.45, 2.75) is 103 Å². The maximum Gasteiger partial charge on any atom is 0.407 e. The van der Waals surface area contributed by atoms with Gasteiger partial charge in [-0.15, -0.1) is 11.8 Å². The second kappa shape index (κ2) is 15.7. The average molecular weight is 549 g/mol. The van der Waals surface area contributed by atoms with Crippen molar-refractivity contribution in [2.24, 2.45) is 0 Å². The Hall–Kier alpha value is -2.54. The van der Waals surface area contributed by atoms with E-state index in [1.807, 2.05) is 0 Å². The van der Waals surface area contributed by atoms with E-state index in [4.69, 9.17) is 23.7 Å². The molecule has 0 bridgehead atoms. The number of carbonyl (C=O) groups is 5. The topological polar surface area (TPSA) is 156 Å². The van der Waals surface area contributed by atoms with Crippen LogP contribution in [0.4, 0.5) is 4.79 Å². The van der Waals surface area contributed by atoms with E-state index in [0.717, 1.165) is 19.3 Å². The summed E-state index contributed by atoms with van der Waals surface area (Å²) in [6.45, 7) is 10.6. The van der Waals surface area contributed by atoms with Crippen molar-refractivity contribution in [3.63, 3.8) is 0 Å². The summed E-state index contributed by atoms with van der Waals surface area (Å²) in [5.74, 6) is -1.59. The van der Waals surface area contributed by atoms with Gasteiger partial charge >= 0.3 is 24.0 Å². The molecule has 1 rings (SSSR count). The Labute approximate surface area is 222 Å². The highest BCUT2D eigenvalue weighted by Gasteiger charge is 2.50. The van der Waals surface area contributed by atoms with E-state index in [1.54, 1.807) is 20.8 Å². The van der Waals surface area contributed by atoms with Crippen molar-refractivity contribution in [3.8, 4) is 0 Å². The Balaban J connectivity index is 2.83. The van der Waals surface area contributed by atoms with Gasteiger partial charge in [0.1, 0.15) is 29.8 Å². The average Bonchev–Trinajstić information content (AvgIpc) is 2.73. The van der Waals surface area contributed by atoms with Crippen LogP contribution in [0.3, 0.4) is 0 Å². The van der Waals surface area contributed by atoms with Crippen molar-refractivity contribution in [2.75, 3.05) is 18.9 Å². The fourth-order valence-corrected chi connectivity index (χ4v) is 4.80. The Morgan fingerprint density at radius 2 is 1.49 bits per heavy atom. The van der Waals surface area contributed by atoms with E-state index in [9.17, 15) is 24.0 Å². The predicted octanol–water partition coefficient (Wildman–Crippen LogP) is 2.07. The van der Waals surface area contributed by atoms with E-state index in [0.29, 0.717) is 12.3 Å². The molecule has 1 aliphatic heterocycles. The molecule has 1 saturated heterocycles. The number of thioether (sulfide) groups is 1. The van der Waals surface area contributed by atoms with Gasteiger partial charge in [0.15, 0.2) is 12.2 Å². The van der Waals surface area contributed by atoms with Crippen molar-refractivity contribution in [3.05, 3.63) is 0 Å². The van der Waals surface area contributed by atoms with Crippen LogP contribution in [0.25, 0.3) is 0 Å². The minimum atomic E-state index is -1.10. The lowest BCUT2D eigenvalue weighted by Gasteiger charge is -2.45. The molecule has 0 aromatic carbocycles. The van der Waals surface area contributed by atoms with Crippen molar-refractivity contribution >= 4 is 41.7 Å². The van der Waals surface area contributed by atoms with E-state index in [2.05, 4.69) is 10.6 Å². The monoisotopic (exact) mass is 548 g/mol. The molecule has 212 valence electrons. The normalized spacial score (nSPS) is 23.4. The summed E-state index contributed by atoms with van der Waals surface area (Å²) in [7, 11) is 0. The van der Waals surface area contributed by atoms with E-state index < -0.39 is 59.4 Å². The zero-order valence-electron chi connectivity index (χ0n) is 22.6. The van der Waals surface area contributed by atoms with Gasteiger partial charge in [0.25, 0.3) is 0 Å². The second-order valence-electron chi connectivity index (χ2n) is 9.58. The van der Waals surface area contributed by atoms with Crippen LogP contribution < -0.4 is 10.6 Å². The summed E-state index contributed by atoms with van der Waals surface area (Å²) in [5.41, 5.74) is -1.24. The third-order valence-electron chi connectivity index (χ3n) is 4.84. The number of rotatable bonds is 12. The number of unbranched alkanes of at least 4 members (excludes halogenated alkanes) is 2. The van der Waals surface area contributed by atoms with Gasteiger partial charge in [0, 0.05) is 34.2 Å². The van der Waals surface area contributed by atoms with Gasteiger partial charge in [-0.3, -0.25) is 19.2 Å². The SMILES string of the molecule is CC(=O)NC1C(SCCCCCNC(=O)OC(C)(C)C)OC(COC(C)=O)C(OC(C)=O)C1OC(C)=O. The molecule has 1 heterocycles. The number of carbonyl (C=O) groups excluding carboxylic acids is 5. The molecule has 0 aromatic heterocycles. The molecule has 0 spiro atoms. The molecule has 12 nitrogen and oxygen atoms in total. The number of amides is 2. The molecule has 0 aliphatic carbocycles. The first-order valence-electron chi connectivity index (χ1n) is 12.2. The fourth-order valence-electron chi connectivity index (χ4n) is 3.54. The zero-order chi connectivity index (χ0) is 28.2. The van der Waals surface area contributed by atoms with Gasteiger partial charge in [0.05, 0.1) is 0 Å². The molecule has 1 aliphatic rings. The number of nitrogens with one attached hydrogen (secondary N) is 2. The van der Waals surface area contributed by atoms with E-state index in [-0.39, 0.29) is 12.5 Å². The third-order valence-corrected chi connectivity index (χ3v) is 6.10. The highest BCUT2D eigenvalue weighted by Crippen LogP contribution is 2.33. The number of hydrogen-bond acceptors (Lipinski definition) is 11. The predicted molar refractivity (Wildman–Crippen MR) is 135 cm³/mol. The molecule has 2 N–H and O–H groups in total. The third kappa shape index (κ3) is 13.5. The quantitative estimate of drug-likeness (QED) is 0.209. The number of esters is 3. The first-order chi connectivity index (χ1) is 17.2. The molecule has 0 aromatic rings. The van der Waals surface area contributed by atoms with Crippen LogP contribution in [0, 0.1) is 0 Å². The summed E-state index contributed by atoms with van der Waals surface area (Å²) in [5, 5.41) is 5.46. The van der Waals surface area contributed by atoms with Crippen LogP contribution >= 0.6 is 11.8 Å². The summed E-state index contributed by atoms with van der Waals surface area (Å²) >= 11 is 1.39. The largest absolute Gasteiger partial charge is 0.463 e. The lowest BCUT2D eigenvalue weighted by atomic mass is 9.97. The zero-order valence-corrected chi connectivity index (χ0v) is 23.4.